The Bertz CT molecular complexity index is 401. The fourth-order valence-corrected chi connectivity index (χ4v) is 2.23. The summed E-state index contributed by atoms with van der Waals surface area (Å²) in [6.45, 7) is 5.95. The number of nitrogens with one attached hydrogen (secondary N) is 1. The summed E-state index contributed by atoms with van der Waals surface area (Å²) < 4.78 is 13.1. The molecule has 0 aromatic heterocycles. The number of nitrogens with zero attached hydrogens (tertiary/aromatic N) is 1. The zero-order valence-corrected chi connectivity index (χ0v) is 11.5. The van der Waals surface area contributed by atoms with Gasteiger partial charge in [0.15, 0.2) is 0 Å². The predicted molar refractivity (Wildman–Crippen MR) is 73.1 cm³/mol. The van der Waals surface area contributed by atoms with Crippen LogP contribution in [0.1, 0.15) is 30.9 Å². The minimum Gasteiger partial charge on any atom is -0.311 e. The van der Waals surface area contributed by atoms with Crippen molar-refractivity contribution in [2.45, 2.75) is 45.3 Å². The molecule has 0 bridgehead atoms. The van der Waals surface area contributed by atoms with Gasteiger partial charge in [-0.15, -0.1) is 0 Å². The molecule has 1 saturated carbocycles. The van der Waals surface area contributed by atoms with Crippen LogP contribution in [0.4, 0.5) is 4.39 Å². The number of rotatable bonds is 6. The molecule has 1 aromatic rings. The van der Waals surface area contributed by atoms with Crippen LogP contribution in [0.3, 0.4) is 0 Å². The molecule has 2 nitrogen and oxygen atoms in total. The van der Waals surface area contributed by atoms with E-state index in [0.29, 0.717) is 6.04 Å². The fourth-order valence-electron chi connectivity index (χ4n) is 2.23. The summed E-state index contributed by atoms with van der Waals surface area (Å²) >= 11 is 0. The average molecular weight is 250 g/mol. The first-order valence-corrected chi connectivity index (χ1v) is 6.75. The zero-order valence-electron chi connectivity index (χ0n) is 11.5. The third-order valence-corrected chi connectivity index (χ3v) is 3.88. The number of halogens is 1. The van der Waals surface area contributed by atoms with Gasteiger partial charge in [-0.3, -0.25) is 4.90 Å². The molecule has 1 aromatic carbocycles. The summed E-state index contributed by atoms with van der Waals surface area (Å²) in [5, 5.41) is 3.42. The minimum absolute atomic E-state index is 0.152. The van der Waals surface area contributed by atoms with Crippen LogP contribution in [0.15, 0.2) is 18.2 Å². The molecule has 0 radical (unpaired) electrons. The van der Waals surface area contributed by atoms with Crippen LogP contribution in [0, 0.1) is 12.7 Å². The first-order valence-electron chi connectivity index (χ1n) is 6.75. The van der Waals surface area contributed by atoms with E-state index in [4.69, 9.17) is 0 Å². The van der Waals surface area contributed by atoms with Crippen molar-refractivity contribution in [3.8, 4) is 0 Å². The van der Waals surface area contributed by atoms with Crippen molar-refractivity contribution in [1.82, 2.24) is 10.2 Å². The van der Waals surface area contributed by atoms with Gasteiger partial charge in [-0.05, 0) is 57.0 Å². The van der Waals surface area contributed by atoms with Crippen molar-refractivity contribution in [2.24, 2.45) is 0 Å². The maximum atomic E-state index is 13.1. The van der Waals surface area contributed by atoms with Gasteiger partial charge >= 0.3 is 0 Å². The normalized spacial score (nSPS) is 17.2. The van der Waals surface area contributed by atoms with Gasteiger partial charge in [-0.25, -0.2) is 4.39 Å². The molecule has 1 fully saturated rings. The van der Waals surface area contributed by atoms with Gasteiger partial charge in [0.2, 0.25) is 0 Å². The van der Waals surface area contributed by atoms with Crippen LogP contribution in [-0.2, 0) is 6.54 Å². The third-order valence-electron chi connectivity index (χ3n) is 3.88. The van der Waals surface area contributed by atoms with E-state index in [1.807, 2.05) is 13.0 Å². The predicted octanol–water partition coefficient (Wildman–Crippen LogP) is 2.71. The maximum absolute atomic E-state index is 13.1. The molecule has 18 heavy (non-hydrogen) atoms. The quantitative estimate of drug-likeness (QED) is 0.835. The van der Waals surface area contributed by atoms with Gasteiger partial charge in [-0.1, -0.05) is 6.07 Å². The number of likely N-dealkylation sites (N-methyl/N-ethyl adjacent to an activating group) is 1. The number of hydrogen-bond donors (Lipinski definition) is 1. The second kappa shape index (κ2) is 5.81. The van der Waals surface area contributed by atoms with Crippen molar-refractivity contribution in [1.29, 1.82) is 0 Å². The Labute approximate surface area is 109 Å². The van der Waals surface area contributed by atoms with E-state index in [1.165, 1.54) is 18.9 Å². The van der Waals surface area contributed by atoms with Gasteiger partial charge in [0.25, 0.3) is 0 Å². The molecular formula is C15H23FN2. The van der Waals surface area contributed by atoms with Gasteiger partial charge in [0.1, 0.15) is 5.82 Å². The van der Waals surface area contributed by atoms with Crippen LogP contribution < -0.4 is 5.32 Å². The van der Waals surface area contributed by atoms with Crippen molar-refractivity contribution in [3.63, 3.8) is 0 Å². The first kappa shape index (κ1) is 13.5. The molecule has 0 saturated heterocycles. The molecule has 3 heteroatoms. The summed E-state index contributed by atoms with van der Waals surface area (Å²) in [7, 11) is 2.19. The van der Waals surface area contributed by atoms with E-state index in [9.17, 15) is 4.39 Å². The Kier molecular flexibility index (Phi) is 4.36. The van der Waals surface area contributed by atoms with Crippen LogP contribution in [0.5, 0.6) is 0 Å². The Hall–Kier alpha value is -0.930. The Morgan fingerprint density at radius 3 is 2.83 bits per heavy atom. The van der Waals surface area contributed by atoms with Crippen LogP contribution >= 0.6 is 0 Å². The number of aryl methyl sites for hydroxylation is 1. The highest BCUT2D eigenvalue weighted by Gasteiger charge is 2.28. The van der Waals surface area contributed by atoms with Crippen LogP contribution in [-0.4, -0.2) is 30.6 Å². The summed E-state index contributed by atoms with van der Waals surface area (Å²) in [4.78, 5) is 2.44. The molecule has 0 spiro atoms. The maximum Gasteiger partial charge on any atom is 0.123 e. The molecule has 1 unspecified atom stereocenters. The lowest BCUT2D eigenvalue weighted by molar-refractivity contribution is 0.241. The lowest BCUT2D eigenvalue weighted by Gasteiger charge is -2.24. The highest BCUT2D eigenvalue weighted by Crippen LogP contribution is 2.26. The topological polar surface area (TPSA) is 15.3 Å². The van der Waals surface area contributed by atoms with Crippen molar-refractivity contribution < 1.29 is 4.39 Å². The third kappa shape index (κ3) is 3.53. The largest absolute Gasteiger partial charge is 0.311 e. The Balaban J connectivity index is 1.78. The molecule has 2 rings (SSSR count). The van der Waals surface area contributed by atoms with Crippen LogP contribution in [0.2, 0.25) is 0 Å². The van der Waals surface area contributed by atoms with E-state index < -0.39 is 0 Å². The smallest absolute Gasteiger partial charge is 0.123 e. The number of hydrogen-bond acceptors (Lipinski definition) is 2. The van der Waals surface area contributed by atoms with Crippen molar-refractivity contribution >= 4 is 0 Å². The number of benzene rings is 1. The summed E-state index contributed by atoms with van der Waals surface area (Å²) in [5.41, 5.74) is 2.20. The van der Waals surface area contributed by atoms with E-state index in [-0.39, 0.29) is 5.82 Å². The van der Waals surface area contributed by atoms with Gasteiger partial charge in [0.05, 0.1) is 0 Å². The second-order valence-electron chi connectivity index (χ2n) is 5.45. The lowest BCUT2D eigenvalue weighted by Crippen LogP contribution is -2.39. The zero-order chi connectivity index (χ0) is 13.1. The minimum atomic E-state index is -0.152. The molecular weight excluding hydrogens is 227 g/mol. The first-order chi connectivity index (χ1) is 8.58. The molecule has 1 aliphatic rings. The van der Waals surface area contributed by atoms with E-state index >= 15 is 0 Å². The monoisotopic (exact) mass is 250 g/mol. The molecule has 100 valence electrons. The van der Waals surface area contributed by atoms with Gasteiger partial charge in [-0.2, -0.15) is 0 Å². The van der Waals surface area contributed by atoms with Gasteiger partial charge in [0, 0.05) is 25.2 Å². The van der Waals surface area contributed by atoms with Gasteiger partial charge < -0.3 is 5.32 Å². The Morgan fingerprint density at radius 1 is 1.44 bits per heavy atom. The molecule has 0 heterocycles. The van der Waals surface area contributed by atoms with E-state index in [1.54, 1.807) is 6.07 Å². The molecule has 0 amide bonds. The summed E-state index contributed by atoms with van der Waals surface area (Å²) in [5.74, 6) is -0.152. The van der Waals surface area contributed by atoms with E-state index in [0.717, 1.165) is 30.3 Å². The lowest BCUT2D eigenvalue weighted by atomic mass is 10.1. The van der Waals surface area contributed by atoms with Crippen molar-refractivity contribution in [3.05, 3.63) is 35.1 Å². The van der Waals surface area contributed by atoms with Crippen molar-refractivity contribution in [2.75, 3.05) is 13.6 Å². The SMILES string of the molecule is Cc1ccc(F)cc1CNCC(C)N(C)C1CC1. The fraction of sp³-hybridized carbons (Fsp3) is 0.600. The summed E-state index contributed by atoms with van der Waals surface area (Å²) in [6, 6.07) is 6.30. The van der Waals surface area contributed by atoms with E-state index in [2.05, 4.69) is 24.2 Å². The Morgan fingerprint density at radius 2 is 2.17 bits per heavy atom. The molecule has 1 atom stereocenters. The van der Waals surface area contributed by atoms with Crippen LogP contribution in [0.25, 0.3) is 0 Å². The molecule has 0 aliphatic heterocycles. The molecule has 1 N–H and O–H groups in total. The summed E-state index contributed by atoms with van der Waals surface area (Å²) in [6.07, 6.45) is 2.67. The highest BCUT2D eigenvalue weighted by atomic mass is 19.1. The highest BCUT2D eigenvalue weighted by molar-refractivity contribution is 5.26. The standard InChI is InChI=1S/C15H23FN2/c1-11-4-5-14(16)8-13(11)10-17-9-12(2)18(3)15-6-7-15/h4-5,8,12,15,17H,6-7,9-10H2,1-3H3. The average Bonchev–Trinajstić information content (AvgIpc) is 3.16. The molecule has 1 aliphatic carbocycles. The second-order valence-corrected chi connectivity index (χ2v) is 5.45.